The molecule has 0 amide bonds. The maximum atomic E-state index is 13.6. The minimum atomic E-state index is -0.429. The highest BCUT2D eigenvalue weighted by Gasteiger charge is 2.34. The van der Waals surface area contributed by atoms with E-state index in [0.717, 1.165) is 11.8 Å². The highest BCUT2D eigenvalue weighted by Crippen LogP contribution is 2.33. The van der Waals surface area contributed by atoms with E-state index in [9.17, 15) is 9.18 Å². The van der Waals surface area contributed by atoms with Gasteiger partial charge >= 0.3 is 5.97 Å². The van der Waals surface area contributed by atoms with Crippen molar-refractivity contribution in [3.63, 3.8) is 0 Å². The molecule has 20 heavy (non-hydrogen) atoms. The van der Waals surface area contributed by atoms with E-state index in [1.54, 1.807) is 18.2 Å². The summed E-state index contributed by atoms with van der Waals surface area (Å²) in [4.78, 5) is 11.5. The summed E-state index contributed by atoms with van der Waals surface area (Å²) in [7, 11) is 0. The summed E-state index contributed by atoms with van der Waals surface area (Å²) in [5, 5.41) is 7.52. The number of carbonyl (C=O) groups excluding carboxylic acids is 1. The molecular formula is C13H11FN2O3S. The lowest BCUT2D eigenvalue weighted by Crippen LogP contribution is -2.09. The smallest absolute Gasteiger partial charge is 0.320 e. The van der Waals surface area contributed by atoms with Crippen LogP contribution in [0.1, 0.15) is 13.3 Å². The van der Waals surface area contributed by atoms with Crippen LogP contribution in [0.15, 0.2) is 33.9 Å². The fourth-order valence-electron chi connectivity index (χ4n) is 1.94. The molecular weight excluding hydrogens is 283 g/mol. The third-order valence-electron chi connectivity index (χ3n) is 2.88. The average molecular weight is 294 g/mol. The summed E-state index contributed by atoms with van der Waals surface area (Å²) in [6.45, 7) is 1.83. The van der Waals surface area contributed by atoms with Gasteiger partial charge in [-0.1, -0.05) is 12.1 Å². The Kier molecular flexibility index (Phi) is 3.43. The SMILES string of the molecule is CC1CC(Sc2nnc(-c3ccccc3F)o2)C(=O)O1. The van der Waals surface area contributed by atoms with Gasteiger partial charge in [0.2, 0.25) is 0 Å². The maximum Gasteiger partial charge on any atom is 0.320 e. The molecule has 0 bridgehead atoms. The summed E-state index contributed by atoms with van der Waals surface area (Å²) in [6, 6.07) is 6.15. The number of nitrogens with zero attached hydrogens (tertiary/aromatic N) is 2. The lowest BCUT2D eigenvalue weighted by molar-refractivity contribution is -0.140. The van der Waals surface area contributed by atoms with Crippen LogP contribution in [0.3, 0.4) is 0 Å². The zero-order chi connectivity index (χ0) is 14.1. The first-order valence-electron chi connectivity index (χ1n) is 6.09. The van der Waals surface area contributed by atoms with Crippen molar-refractivity contribution in [1.82, 2.24) is 10.2 Å². The van der Waals surface area contributed by atoms with Gasteiger partial charge in [-0.2, -0.15) is 0 Å². The Hall–Kier alpha value is -1.89. The van der Waals surface area contributed by atoms with Crippen LogP contribution in [0, 0.1) is 5.82 Å². The highest BCUT2D eigenvalue weighted by atomic mass is 32.2. The molecule has 1 saturated heterocycles. The molecule has 0 aliphatic carbocycles. The second-order valence-corrected chi connectivity index (χ2v) is 5.60. The van der Waals surface area contributed by atoms with E-state index in [1.165, 1.54) is 6.07 Å². The number of hydrogen-bond donors (Lipinski definition) is 0. The van der Waals surface area contributed by atoms with Crippen molar-refractivity contribution in [3.8, 4) is 11.5 Å². The zero-order valence-corrected chi connectivity index (χ0v) is 11.4. The Labute approximate surface area is 118 Å². The van der Waals surface area contributed by atoms with Crippen LogP contribution >= 0.6 is 11.8 Å². The molecule has 3 rings (SSSR count). The number of aromatic nitrogens is 2. The average Bonchev–Trinajstić information content (AvgIpc) is 2.98. The predicted molar refractivity (Wildman–Crippen MR) is 69.5 cm³/mol. The van der Waals surface area contributed by atoms with Crippen molar-refractivity contribution in [2.45, 2.75) is 29.9 Å². The summed E-state index contributed by atoms with van der Waals surface area (Å²) < 4.78 is 24.0. The van der Waals surface area contributed by atoms with E-state index in [1.807, 2.05) is 6.92 Å². The Morgan fingerprint density at radius 3 is 2.85 bits per heavy atom. The number of benzene rings is 1. The summed E-state index contributed by atoms with van der Waals surface area (Å²) in [5.41, 5.74) is 0.245. The van der Waals surface area contributed by atoms with Gasteiger partial charge < -0.3 is 9.15 Å². The maximum absolute atomic E-state index is 13.6. The molecule has 2 heterocycles. The van der Waals surface area contributed by atoms with Crippen molar-refractivity contribution in [1.29, 1.82) is 0 Å². The molecule has 2 atom stereocenters. The molecule has 0 saturated carbocycles. The van der Waals surface area contributed by atoms with Crippen molar-refractivity contribution >= 4 is 17.7 Å². The number of ether oxygens (including phenoxy) is 1. The number of rotatable bonds is 3. The molecule has 1 aliphatic rings. The first-order valence-corrected chi connectivity index (χ1v) is 6.97. The quantitative estimate of drug-likeness (QED) is 0.811. The van der Waals surface area contributed by atoms with Crippen molar-refractivity contribution in [2.24, 2.45) is 0 Å². The molecule has 2 aromatic rings. The van der Waals surface area contributed by atoms with Crippen LogP contribution in [0.4, 0.5) is 4.39 Å². The van der Waals surface area contributed by atoms with Crippen LogP contribution in [0.2, 0.25) is 0 Å². The summed E-state index contributed by atoms with van der Waals surface area (Å²) in [5.74, 6) is -0.611. The molecule has 2 unspecified atom stereocenters. The lowest BCUT2D eigenvalue weighted by Gasteiger charge is -1.99. The van der Waals surface area contributed by atoms with Crippen molar-refractivity contribution in [3.05, 3.63) is 30.1 Å². The first kappa shape index (κ1) is 13.1. The van der Waals surface area contributed by atoms with Crippen molar-refractivity contribution in [2.75, 3.05) is 0 Å². The largest absolute Gasteiger partial charge is 0.462 e. The number of esters is 1. The van der Waals surface area contributed by atoms with Crippen LogP contribution in [-0.4, -0.2) is 27.5 Å². The Morgan fingerprint density at radius 1 is 1.35 bits per heavy atom. The van der Waals surface area contributed by atoms with Gasteiger partial charge in [0, 0.05) is 6.42 Å². The van der Waals surface area contributed by atoms with Gasteiger partial charge in [-0.3, -0.25) is 4.79 Å². The standard InChI is InChI=1S/C13H11FN2O3S/c1-7-6-10(12(17)18-7)20-13-16-15-11(19-13)8-4-2-3-5-9(8)14/h2-5,7,10H,6H2,1H3. The number of thioether (sulfide) groups is 1. The van der Waals surface area contributed by atoms with Crippen molar-refractivity contribution < 1.29 is 18.3 Å². The zero-order valence-electron chi connectivity index (χ0n) is 10.6. The molecule has 104 valence electrons. The Balaban J connectivity index is 1.78. The molecule has 0 N–H and O–H groups in total. The van der Waals surface area contributed by atoms with E-state index in [-0.39, 0.29) is 34.0 Å². The third kappa shape index (κ3) is 2.53. The van der Waals surface area contributed by atoms with Gasteiger partial charge in [0.1, 0.15) is 17.2 Å². The van der Waals surface area contributed by atoms with Gasteiger partial charge in [-0.25, -0.2) is 4.39 Å². The Morgan fingerprint density at radius 2 is 2.15 bits per heavy atom. The molecule has 7 heteroatoms. The van der Waals surface area contributed by atoms with Gasteiger partial charge in [0.05, 0.1) is 5.56 Å². The first-order chi connectivity index (χ1) is 9.63. The molecule has 1 aromatic carbocycles. The summed E-state index contributed by atoms with van der Waals surface area (Å²) >= 11 is 1.15. The number of cyclic esters (lactones) is 1. The Bertz CT molecular complexity index is 646. The second kappa shape index (κ2) is 5.24. The highest BCUT2D eigenvalue weighted by molar-refractivity contribution is 8.00. The molecule has 1 aromatic heterocycles. The van der Waals surface area contributed by atoms with Gasteiger partial charge in [-0.15, -0.1) is 10.2 Å². The number of halogens is 1. The van der Waals surface area contributed by atoms with Crippen LogP contribution in [0.5, 0.6) is 0 Å². The molecule has 5 nitrogen and oxygen atoms in total. The van der Waals surface area contributed by atoms with Crippen LogP contribution in [-0.2, 0) is 9.53 Å². The topological polar surface area (TPSA) is 65.2 Å². The minimum Gasteiger partial charge on any atom is -0.462 e. The normalized spacial score (nSPS) is 22.0. The number of carbonyl (C=O) groups is 1. The van der Waals surface area contributed by atoms with E-state index >= 15 is 0 Å². The van der Waals surface area contributed by atoms with Gasteiger partial charge in [-0.05, 0) is 30.8 Å². The monoisotopic (exact) mass is 294 g/mol. The molecule has 0 radical (unpaired) electrons. The van der Waals surface area contributed by atoms with E-state index in [4.69, 9.17) is 9.15 Å². The van der Waals surface area contributed by atoms with Gasteiger partial charge in [0.15, 0.2) is 0 Å². The van der Waals surface area contributed by atoms with Crippen LogP contribution in [0.25, 0.3) is 11.5 Å². The molecule has 1 fully saturated rings. The van der Waals surface area contributed by atoms with E-state index in [2.05, 4.69) is 10.2 Å². The molecule has 1 aliphatic heterocycles. The predicted octanol–water partition coefficient (Wildman–Crippen LogP) is 2.67. The second-order valence-electron chi connectivity index (χ2n) is 4.44. The van der Waals surface area contributed by atoms with Gasteiger partial charge in [0.25, 0.3) is 11.1 Å². The fraction of sp³-hybridized carbons (Fsp3) is 0.308. The van der Waals surface area contributed by atoms with Crippen LogP contribution < -0.4 is 0 Å². The fourth-order valence-corrected chi connectivity index (χ4v) is 2.92. The molecule has 0 spiro atoms. The minimum absolute atomic E-state index is 0.102. The van der Waals surface area contributed by atoms with E-state index < -0.39 is 5.82 Å². The van der Waals surface area contributed by atoms with E-state index in [0.29, 0.717) is 6.42 Å². The summed E-state index contributed by atoms with van der Waals surface area (Å²) in [6.07, 6.45) is 0.495. The third-order valence-corrected chi connectivity index (χ3v) is 3.92. The number of hydrogen-bond acceptors (Lipinski definition) is 6. The lowest BCUT2D eigenvalue weighted by atomic mass is 10.2.